The first kappa shape index (κ1) is 16.1. The van der Waals surface area contributed by atoms with E-state index in [4.69, 9.17) is 0 Å². The van der Waals surface area contributed by atoms with Crippen LogP contribution in [0.1, 0.15) is 31.9 Å². The van der Waals surface area contributed by atoms with Crippen molar-refractivity contribution in [2.45, 2.75) is 32.4 Å². The molecule has 0 radical (unpaired) electrons. The number of nitro groups is 1. The first-order valence-corrected chi connectivity index (χ1v) is 6.58. The molecule has 2 unspecified atom stereocenters. The van der Waals surface area contributed by atoms with Gasteiger partial charge in [0.25, 0.3) is 5.69 Å². The zero-order valence-corrected chi connectivity index (χ0v) is 12.3. The van der Waals surface area contributed by atoms with E-state index in [0.717, 1.165) is 12.0 Å². The summed E-state index contributed by atoms with van der Waals surface area (Å²) >= 11 is 0. The van der Waals surface area contributed by atoms with Crippen LogP contribution in [0.3, 0.4) is 0 Å². The Bertz CT molecular complexity index is 488. The van der Waals surface area contributed by atoms with E-state index in [1.54, 1.807) is 33.2 Å². The quantitative estimate of drug-likeness (QED) is 0.639. The molecule has 6 heteroatoms. The topological polar surface area (TPSA) is 75.5 Å². The molecule has 0 saturated carbocycles. The van der Waals surface area contributed by atoms with E-state index in [1.165, 1.54) is 11.0 Å². The SMILES string of the molecule is CCC(NC(C)C(=O)N(C)C)c1cccc([N+](=O)[O-])c1. The van der Waals surface area contributed by atoms with E-state index >= 15 is 0 Å². The van der Waals surface area contributed by atoms with Gasteiger partial charge in [-0.1, -0.05) is 19.1 Å². The lowest BCUT2D eigenvalue weighted by molar-refractivity contribution is -0.384. The number of nitrogens with one attached hydrogen (secondary N) is 1. The Morgan fingerprint density at radius 3 is 2.60 bits per heavy atom. The summed E-state index contributed by atoms with van der Waals surface area (Å²) in [5.74, 6) is -0.0196. The van der Waals surface area contributed by atoms with Gasteiger partial charge in [-0.05, 0) is 18.9 Å². The molecule has 0 bridgehead atoms. The van der Waals surface area contributed by atoms with E-state index in [9.17, 15) is 14.9 Å². The fourth-order valence-corrected chi connectivity index (χ4v) is 2.07. The van der Waals surface area contributed by atoms with Crippen molar-refractivity contribution in [1.82, 2.24) is 10.2 Å². The van der Waals surface area contributed by atoms with Gasteiger partial charge < -0.3 is 4.90 Å². The predicted molar refractivity (Wildman–Crippen MR) is 77.4 cm³/mol. The van der Waals surface area contributed by atoms with Crippen molar-refractivity contribution in [1.29, 1.82) is 0 Å². The van der Waals surface area contributed by atoms with Crippen LogP contribution in [0.5, 0.6) is 0 Å². The molecular weight excluding hydrogens is 258 g/mol. The van der Waals surface area contributed by atoms with Crippen LogP contribution in [0, 0.1) is 10.1 Å². The number of carbonyl (C=O) groups excluding carboxylic acids is 1. The molecule has 0 fully saturated rings. The standard InChI is InChI=1S/C14H21N3O3/c1-5-13(15-10(2)14(18)16(3)4)11-7-6-8-12(9-11)17(19)20/h6-10,13,15H,5H2,1-4H3. The maximum absolute atomic E-state index is 11.9. The molecule has 1 aromatic carbocycles. The zero-order chi connectivity index (χ0) is 15.3. The van der Waals surface area contributed by atoms with Crippen LogP contribution < -0.4 is 5.32 Å². The fraction of sp³-hybridized carbons (Fsp3) is 0.500. The number of hydrogen-bond acceptors (Lipinski definition) is 4. The Morgan fingerprint density at radius 2 is 2.10 bits per heavy atom. The van der Waals surface area contributed by atoms with Crippen molar-refractivity contribution in [3.8, 4) is 0 Å². The van der Waals surface area contributed by atoms with Crippen molar-refractivity contribution < 1.29 is 9.72 Å². The van der Waals surface area contributed by atoms with Crippen molar-refractivity contribution in [2.24, 2.45) is 0 Å². The molecule has 0 aliphatic rings. The van der Waals surface area contributed by atoms with Crippen LogP contribution in [0.25, 0.3) is 0 Å². The first-order valence-electron chi connectivity index (χ1n) is 6.58. The number of nitrogens with zero attached hydrogens (tertiary/aromatic N) is 2. The molecule has 1 rings (SSSR count). The molecule has 0 aliphatic carbocycles. The van der Waals surface area contributed by atoms with Crippen molar-refractivity contribution in [2.75, 3.05) is 14.1 Å². The monoisotopic (exact) mass is 279 g/mol. The van der Waals surface area contributed by atoms with Gasteiger partial charge in [0.1, 0.15) is 0 Å². The van der Waals surface area contributed by atoms with Crippen LogP contribution in [-0.2, 0) is 4.79 Å². The molecule has 0 heterocycles. The second-order valence-electron chi connectivity index (χ2n) is 4.93. The minimum atomic E-state index is -0.412. The molecule has 0 spiro atoms. The molecule has 6 nitrogen and oxygen atoms in total. The molecule has 1 N–H and O–H groups in total. The van der Waals surface area contributed by atoms with Gasteiger partial charge in [-0.15, -0.1) is 0 Å². The van der Waals surface area contributed by atoms with Crippen molar-refractivity contribution >= 4 is 11.6 Å². The second-order valence-corrected chi connectivity index (χ2v) is 4.93. The van der Waals surface area contributed by atoms with E-state index in [-0.39, 0.29) is 23.7 Å². The van der Waals surface area contributed by atoms with Crippen LogP contribution in [0.4, 0.5) is 5.69 Å². The third-order valence-corrected chi connectivity index (χ3v) is 3.15. The Labute approximate surface area is 118 Å². The molecule has 0 aliphatic heterocycles. The van der Waals surface area contributed by atoms with E-state index in [2.05, 4.69) is 5.32 Å². The lowest BCUT2D eigenvalue weighted by Gasteiger charge is -2.24. The summed E-state index contributed by atoms with van der Waals surface area (Å²) in [6.07, 6.45) is 0.742. The van der Waals surface area contributed by atoms with Gasteiger partial charge in [0.2, 0.25) is 5.91 Å². The molecule has 20 heavy (non-hydrogen) atoms. The number of rotatable bonds is 6. The summed E-state index contributed by atoms with van der Waals surface area (Å²) in [5.41, 5.74) is 0.884. The lowest BCUT2D eigenvalue weighted by atomic mass is 10.0. The maximum Gasteiger partial charge on any atom is 0.269 e. The van der Waals surface area contributed by atoms with Gasteiger partial charge in [0, 0.05) is 32.3 Å². The highest BCUT2D eigenvalue weighted by atomic mass is 16.6. The lowest BCUT2D eigenvalue weighted by Crippen LogP contribution is -2.43. The molecule has 0 saturated heterocycles. The Kier molecular flexibility index (Phi) is 5.64. The number of hydrogen-bond donors (Lipinski definition) is 1. The summed E-state index contributed by atoms with van der Waals surface area (Å²) in [6.45, 7) is 3.77. The van der Waals surface area contributed by atoms with Gasteiger partial charge in [-0.25, -0.2) is 0 Å². The van der Waals surface area contributed by atoms with Gasteiger partial charge in [-0.3, -0.25) is 20.2 Å². The molecular formula is C14H21N3O3. The Hall–Kier alpha value is -1.95. The summed E-state index contributed by atoms with van der Waals surface area (Å²) in [5, 5.41) is 14.0. The van der Waals surface area contributed by atoms with Crippen molar-refractivity contribution in [3.63, 3.8) is 0 Å². The minimum Gasteiger partial charge on any atom is -0.347 e. The maximum atomic E-state index is 11.9. The van der Waals surface area contributed by atoms with Crippen LogP contribution >= 0.6 is 0 Å². The van der Waals surface area contributed by atoms with E-state index in [0.29, 0.717) is 0 Å². The Morgan fingerprint density at radius 1 is 1.45 bits per heavy atom. The molecule has 1 aromatic rings. The van der Waals surface area contributed by atoms with Gasteiger partial charge in [0.15, 0.2) is 0 Å². The minimum absolute atomic E-state index is 0.0196. The number of likely N-dealkylation sites (N-methyl/N-ethyl adjacent to an activating group) is 1. The fourth-order valence-electron chi connectivity index (χ4n) is 2.07. The molecule has 1 amide bonds. The highest BCUT2D eigenvalue weighted by Crippen LogP contribution is 2.22. The summed E-state index contributed by atoms with van der Waals surface area (Å²) in [7, 11) is 3.41. The number of non-ortho nitro benzene ring substituents is 1. The highest BCUT2D eigenvalue weighted by molar-refractivity contribution is 5.80. The molecule has 0 aromatic heterocycles. The molecule has 2 atom stereocenters. The highest BCUT2D eigenvalue weighted by Gasteiger charge is 2.20. The van der Waals surface area contributed by atoms with E-state index < -0.39 is 4.92 Å². The van der Waals surface area contributed by atoms with Crippen LogP contribution in [-0.4, -0.2) is 35.9 Å². The predicted octanol–water partition coefficient (Wildman–Crippen LogP) is 2.11. The summed E-state index contributed by atoms with van der Waals surface area (Å²) < 4.78 is 0. The zero-order valence-electron chi connectivity index (χ0n) is 12.3. The number of benzene rings is 1. The number of amides is 1. The average Bonchev–Trinajstić information content (AvgIpc) is 2.43. The smallest absolute Gasteiger partial charge is 0.269 e. The first-order chi connectivity index (χ1) is 9.36. The van der Waals surface area contributed by atoms with Gasteiger partial charge in [0.05, 0.1) is 11.0 Å². The normalized spacial score (nSPS) is 13.6. The van der Waals surface area contributed by atoms with Crippen LogP contribution in [0.15, 0.2) is 24.3 Å². The van der Waals surface area contributed by atoms with Crippen molar-refractivity contribution in [3.05, 3.63) is 39.9 Å². The van der Waals surface area contributed by atoms with Gasteiger partial charge >= 0.3 is 0 Å². The number of carbonyl (C=O) groups is 1. The largest absolute Gasteiger partial charge is 0.347 e. The number of nitro benzene ring substituents is 1. The second kappa shape index (κ2) is 7.00. The third kappa shape index (κ3) is 4.03. The average molecular weight is 279 g/mol. The molecule has 110 valence electrons. The van der Waals surface area contributed by atoms with E-state index in [1.807, 2.05) is 13.0 Å². The van der Waals surface area contributed by atoms with Crippen LogP contribution in [0.2, 0.25) is 0 Å². The summed E-state index contributed by atoms with van der Waals surface area (Å²) in [6, 6.07) is 6.08. The summed E-state index contributed by atoms with van der Waals surface area (Å²) in [4.78, 5) is 23.8. The van der Waals surface area contributed by atoms with Gasteiger partial charge in [-0.2, -0.15) is 0 Å². The Balaban J connectivity index is 2.88. The third-order valence-electron chi connectivity index (χ3n) is 3.15.